The molecule has 3 rings (SSSR count). The molecule has 2 N–H and O–H groups in total. The van der Waals surface area contributed by atoms with E-state index in [2.05, 4.69) is 5.32 Å². The normalized spacial score (nSPS) is 10.9. The van der Waals surface area contributed by atoms with Gasteiger partial charge in [-0.05, 0) is 24.1 Å². The number of rotatable bonds is 4. The lowest BCUT2D eigenvalue weighted by Crippen LogP contribution is -2.21. The van der Waals surface area contributed by atoms with E-state index in [9.17, 15) is 9.59 Å². The molecule has 0 unspecified atom stereocenters. The minimum atomic E-state index is -0.516. The van der Waals surface area contributed by atoms with E-state index in [-0.39, 0.29) is 17.0 Å². The zero-order valence-corrected chi connectivity index (χ0v) is 15.4. The lowest BCUT2D eigenvalue weighted by Gasteiger charge is -2.06. The summed E-state index contributed by atoms with van der Waals surface area (Å²) in [6, 6.07) is 10.5. The fourth-order valence-corrected chi connectivity index (χ4v) is 3.51. The summed E-state index contributed by atoms with van der Waals surface area (Å²) in [6.07, 6.45) is 0. The zero-order valence-electron chi connectivity index (χ0n) is 14.6. The number of fused-ring (bicyclic) bond motifs is 1. The number of thiophene rings is 1. The summed E-state index contributed by atoms with van der Waals surface area (Å²) in [5.74, 6) is -0.818. The first-order chi connectivity index (χ1) is 12.4. The molecule has 6 nitrogen and oxygen atoms in total. The Bertz CT molecular complexity index is 1050. The smallest absolute Gasteiger partial charge is 0.340 e. The van der Waals surface area contributed by atoms with Gasteiger partial charge in [-0.2, -0.15) is 0 Å². The van der Waals surface area contributed by atoms with E-state index in [0.29, 0.717) is 16.1 Å². The third-order valence-electron chi connectivity index (χ3n) is 3.87. The maximum absolute atomic E-state index is 12.7. The monoisotopic (exact) mass is 370 g/mol. The van der Waals surface area contributed by atoms with Gasteiger partial charge in [-0.15, -0.1) is 11.3 Å². The summed E-state index contributed by atoms with van der Waals surface area (Å²) in [4.78, 5) is 25.6. The summed E-state index contributed by atoms with van der Waals surface area (Å²) < 4.78 is 10.2. The molecule has 134 valence electrons. The first kappa shape index (κ1) is 17.9. The highest BCUT2D eigenvalue weighted by Gasteiger charge is 2.21. The number of esters is 1. The maximum Gasteiger partial charge on any atom is 0.340 e. The Hall–Kier alpha value is -2.93. The van der Waals surface area contributed by atoms with Gasteiger partial charge < -0.3 is 14.5 Å². The molecular formula is C19H18N2O4S. The number of anilines is 1. The number of hydrogen-bond donors (Lipinski definition) is 2. The predicted octanol–water partition coefficient (Wildman–Crippen LogP) is 4.14. The molecule has 0 spiro atoms. The van der Waals surface area contributed by atoms with E-state index in [1.807, 2.05) is 19.9 Å². The molecule has 2 heterocycles. The summed E-state index contributed by atoms with van der Waals surface area (Å²) in [5, 5.41) is 11.8. The van der Waals surface area contributed by atoms with Crippen LogP contribution in [0.4, 0.5) is 5.00 Å². The Morgan fingerprint density at radius 3 is 2.62 bits per heavy atom. The minimum absolute atomic E-state index is 0.0963. The van der Waals surface area contributed by atoms with Crippen LogP contribution in [0.25, 0.3) is 11.0 Å². The number of amides is 1. The highest BCUT2D eigenvalue weighted by molar-refractivity contribution is 7.16. The molecule has 7 heteroatoms. The van der Waals surface area contributed by atoms with Crippen LogP contribution in [0.1, 0.15) is 45.4 Å². The number of nitrogens with one attached hydrogen (secondary N) is 2. The van der Waals surface area contributed by atoms with E-state index >= 15 is 0 Å². The molecule has 2 aromatic heterocycles. The summed E-state index contributed by atoms with van der Waals surface area (Å²) in [5.41, 5.74) is 0.696. The van der Waals surface area contributed by atoms with E-state index in [1.165, 1.54) is 18.4 Å². The minimum Gasteiger partial charge on any atom is -0.465 e. The molecule has 0 aliphatic rings. The van der Waals surface area contributed by atoms with Gasteiger partial charge in [-0.3, -0.25) is 10.2 Å². The van der Waals surface area contributed by atoms with Gasteiger partial charge in [0.2, 0.25) is 5.55 Å². The van der Waals surface area contributed by atoms with Crippen molar-refractivity contribution in [2.45, 2.75) is 19.8 Å². The van der Waals surface area contributed by atoms with Gasteiger partial charge in [0.05, 0.1) is 12.7 Å². The molecule has 0 fully saturated rings. The van der Waals surface area contributed by atoms with Crippen LogP contribution in [-0.2, 0) is 4.74 Å². The molecule has 1 aromatic carbocycles. The number of methoxy groups -OCH3 is 1. The first-order valence-corrected chi connectivity index (χ1v) is 8.83. The molecule has 0 aliphatic carbocycles. The number of carbonyl (C=O) groups is 2. The lowest BCUT2D eigenvalue weighted by molar-refractivity contribution is 0.0602. The summed E-state index contributed by atoms with van der Waals surface area (Å²) in [6.45, 7) is 4.01. The van der Waals surface area contributed by atoms with Gasteiger partial charge >= 0.3 is 5.97 Å². The zero-order chi connectivity index (χ0) is 18.8. The molecule has 0 atom stereocenters. The van der Waals surface area contributed by atoms with Crippen LogP contribution in [0.3, 0.4) is 0 Å². The fraction of sp³-hybridized carbons (Fsp3) is 0.211. The third-order valence-corrected chi connectivity index (χ3v) is 5.22. The average Bonchev–Trinajstić information content (AvgIpc) is 3.04. The average molecular weight is 370 g/mol. The summed E-state index contributed by atoms with van der Waals surface area (Å²) >= 11 is 1.32. The molecule has 0 radical (unpaired) electrons. The van der Waals surface area contributed by atoms with Crippen LogP contribution < -0.4 is 10.9 Å². The summed E-state index contributed by atoms with van der Waals surface area (Å²) in [7, 11) is 1.30. The first-order valence-electron chi connectivity index (χ1n) is 8.01. The van der Waals surface area contributed by atoms with Crippen LogP contribution in [-0.4, -0.2) is 19.0 Å². The second-order valence-electron chi connectivity index (χ2n) is 6.02. The van der Waals surface area contributed by atoms with Gasteiger partial charge in [0.15, 0.2) is 0 Å². The van der Waals surface area contributed by atoms with Crippen LogP contribution in [0.2, 0.25) is 0 Å². The van der Waals surface area contributed by atoms with Crippen molar-refractivity contribution in [2.24, 2.45) is 0 Å². The Balaban J connectivity index is 1.99. The van der Waals surface area contributed by atoms with Crippen molar-refractivity contribution in [3.05, 3.63) is 58.0 Å². The fourth-order valence-electron chi connectivity index (χ4n) is 2.47. The van der Waals surface area contributed by atoms with Gasteiger partial charge in [0.25, 0.3) is 5.91 Å². The largest absolute Gasteiger partial charge is 0.465 e. The van der Waals surface area contributed by atoms with Gasteiger partial charge in [0, 0.05) is 10.3 Å². The highest BCUT2D eigenvalue weighted by Crippen LogP contribution is 2.33. The van der Waals surface area contributed by atoms with Crippen molar-refractivity contribution < 1.29 is 18.7 Å². The second kappa shape index (κ2) is 7.13. The lowest BCUT2D eigenvalue weighted by atomic mass is 10.1. The molecule has 3 aromatic rings. The molecule has 0 saturated carbocycles. The van der Waals surface area contributed by atoms with Crippen molar-refractivity contribution >= 4 is 39.2 Å². The number of ether oxygens (including phenoxy) is 1. The molecule has 0 bridgehead atoms. The van der Waals surface area contributed by atoms with Crippen molar-refractivity contribution in [1.29, 1.82) is 5.41 Å². The van der Waals surface area contributed by atoms with Crippen molar-refractivity contribution in [2.75, 3.05) is 12.4 Å². The molecule has 26 heavy (non-hydrogen) atoms. The number of para-hydroxylation sites is 1. The molecule has 0 saturated heterocycles. The van der Waals surface area contributed by atoms with Gasteiger partial charge in [0.1, 0.15) is 16.1 Å². The van der Waals surface area contributed by atoms with Crippen molar-refractivity contribution in [3.8, 4) is 0 Å². The van der Waals surface area contributed by atoms with Gasteiger partial charge in [-0.25, -0.2) is 4.79 Å². The quantitative estimate of drug-likeness (QED) is 0.675. The van der Waals surface area contributed by atoms with Crippen molar-refractivity contribution in [3.63, 3.8) is 0 Å². The van der Waals surface area contributed by atoms with Crippen LogP contribution in [0.15, 0.2) is 40.8 Å². The Morgan fingerprint density at radius 2 is 1.92 bits per heavy atom. The van der Waals surface area contributed by atoms with Crippen LogP contribution >= 0.6 is 11.3 Å². The second-order valence-corrected chi connectivity index (χ2v) is 7.10. The molecule has 1 amide bonds. The predicted molar refractivity (Wildman–Crippen MR) is 99.8 cm³/mol. The van der Waals surface area contributed by atoms with E-state index in [4.69, 9.17) is 14.6 Å². The van der Waals surface area contributed by atoms with E-state index in [0.717, 1.165) is 10.3 Å². The Labute approximate surface area is 153 Å². The topological polar surface area (TPSA) is 92.4 Å². The van der Waals surface area contributed by atoms with E-state index < -0.39 is 11.9 Å². The third kappa shape index (κ3) is 3.39. The highest BCUT2D eigenvalue weighted by atomic mass is 32.1. The van der Waals surface area contributed by atoms with Crippen molar-refractivity contribution in [1.82, 2.24) is 0 Å². The molecular weight excluding hydrogens is 352 g/mol. The van der Waals surface area contributed by atoms with Crippen LogP contribution in [0.5, 0.6) is 0 Å². The maximum atomic E-state index is 12.7. The van der Waals surface area contributed by atoms with E-state index in [1.54, 1.807) is 30.3 Å². The SMILES string of the molecule is COC(=O)c1cc(C(C)C)sc1NC(=O)c1cc2ccccc2oc1=N. The number of benzene rings is 1. The van der Waals surface area contributed by atoms with Crippen LogP contribution in [0, 0.1) is 5.41 Å². The number of hydrogen-bond acceptors (Lipinski definition) is 6. The Kier molecular flexibility index (Phi) is 4.90. The standard InChI is InChI=1S/C19H18N2O4S/c1-10(2)15-9-13(19(23)24-3)18(26-15)21-17(22)12-8-11-6-4-5-7-14(11)25-16(12)20/h4-10,20H,1-3H3,(H,21,22). The Morgan fingerprint density at radius 1 is 1.19 bits per heavy atom. The van der Waals surface area contributed by atoms with Gasteiger partial charge in [-0.1, -0.05) is 32.0 Å². The molecule has 0 aliphatic heterocycles. The number of carbonyl (C=O) groups excluding carboxylic acids is 2.